The zero-order chi connectivity index (χ0) is 17.9. The highest BCUT2D eigenvalue weighted by Crippen LogP contribution is 2.21. The van der Waals surface area contributed by atoms with Gasteiger partial charge in [0, 0.05) is 18.9 Å². The zero-order valence-corrected chi connectivity index (χ0v) is 14.9. The molecule has 0 N–H and O–H groups in total. The van der Waals surface area contributed by atoms with Crippen molar-refractivity contribution in [1.82, 2.24) is 9.55 Å². The summed E-state index contributed by atoms with van der Waals surface area (Å²) in [7, 11) is 0. The maximum absolute atomic E-state index is 5.79. The predicted octanol–water partition coefficient (Wildman–Crippen LogP) is 5.94. The van der Waals surface area contributed by atoms with Crippen LogP contribution in [0.3, 0.4) is 0 Å². The summed E-state index contributed by atoms with van der Waals surface area (Å²) in [6.07, 6.45) is 10.3. The van der Waals surface area contributed by atoms with E-state index in [1.807, 2.05) is 73.3 Å². The van der Waals surface area contributed by atoms with Crippen LogP contribution in [0.5, 0.6) is 5.75 Å². The Bertz CT molecular complexity index is 768. The second-order valence-corrected chi connectivity index (χ2v) is 6.09. The molecule has 134 valence electrons. The number of benzene rings is 2. The van der Waals surface area contributed by atoms with Crippen molar-refractivity contribution in [3.63, 3.8) is 0 Å². The second kappa shape index (κ2) is 10.1. The fourth-order valence-corrected chi connectivity index (χ4v) is 2.58. The number of azo groups is 1. The number of unbranched alkanes of at least 4 members (excludes halogenated alkanes) is 3. The Hall–Kier alpha value is -2.95. The molecule has 0 aliphatic carbocycles. The lowest BCUT2D eigenvalue weighted by molar-refractivity contribution is 0.304. The molecule has 0 atom stereocenters. The molecule has 0 radical (unpaired) electrons. The molecule has 0 spiro atoms. The molecule has 2 aromatic carbocycles. The van der Waals surface area contributed by atoms with Crippen LogP contribution >= 0.6 is 0 Å². The van der Waals surface area contributed by atoms with Gasteiger partial charge in [0.05, 0.1) is 24.3 Å². The van der Waals surface area contributed by atoms with E-state index >= 15 is 0 Å². The Morgan fingerprint density at radius 2 is 1.54 bits per heavy atom. The summed E-state index contributed by atoms with van der Waals surface area (Å²) in [6.45, 7) is 1.79. The van der Waals surface area contributed by atoms with Crippen molar-refractivity contribution < 1.29 is 4.74 Å². The predicted molar refractivity (Wildman–Crippen MR) is 103 cm³/mol. The molecular formula is C21H24N4O. The topological polar surface area (TPSA) is 51.8 Å². The lowest BCUT2D eigenvalue weighted by atomic mass is 10.2. The van der Waals surface area contributed by atoms with Crippen LogP contribution in [0.2, 0.25) is 0 Å². The lowest BCUT2D eigenvalue weighted by Gasteiger charge is -2.06. The summed E-state index contributed by atoms with van der Waals surface area (Å²) >= 11 is 0. The second-order valence-electron chi connectivity index (χ2n) is 6.09. The quantitative estimate of drug-likeness (QED) is 0.336. The van der Waals surface area contributed by atoms with E-state index in [-0.39, 0.29) is 0 Å². The van der Waals surface area contributed by atoms with Crippen molar-refractivity contribution in [2.24, 2.45) is 10.2 Å². The third kappa shape index (κ3) is 6.16. The van der Waals surface area contributed by atoms with Gasteiger partial charge in [-0.1, -0.05) is 31.0 Å². The number of nitrogens with zero attached hydrogens (tertiary/aromatic N) is 4. The van der Waals surface area contributed by atoms with E-state index < -0.39 is 0 Å². The van der Waals surface area contributed by atoms with E-state index in [4.69, 9.17) is 4.74 Å². The molecule has 5 nitrogen and oxygen atoms in total. The van der Waals surface area contributed by atoms with Crippen molar-refractivity contribution in [2.45, 2.75) is 32.2 Å². The van der Waals surface area contributed by atoms with Gasteiger partial charge >= 0.3 is 0 Å². The summed E-state index contributed by atoms with van der Waals surface area (Å²) < 4.78 is 7.91. The number of hydrogen-bond acceptors (Lipinski definition) is 4. The zero-order valence-electron chi connectivity index (χ0n) is 14.9. The van der Waals surface area contributed by atoms with Crippen LogP contribution < -0.4 is 4.74 Å². The molecule has 0 saturated heterocycles. The van der Waals surface area contributed by atoms with Gasteiger partial charge in [-0.05, 0) is 49.2 Å². The van der Waals surface area contributed by atoms with Crippen LogP contribution in [0.4, 0.5) is 11.4 Å². The van der Waals surface area contributed by atoms with Crippen LogP contribution in [0.25, 0.3) is 0 Å². The number of hydrogen-bond donors (Lipinski definition) is 0. The van der Waals surface area contributed by atoms with E-state index in [1.165, 1.54) is 19.3 Å². The van der Waals surface area contributed by atoms with Crippen molar-refractivity contribution in [3.05, 3.63) is 73.3 Å². The Morgan fingerprint density at radius 1 is 0.808 bits per heavy atom. The van der Waals surface area contributed by atoms with Gasteiger partial charge in [-0.25, -0.2) is 4.98 Å². The SMILES string of the molecule is c1ccc(N=Nc2ccc(OCCCCCCn3ccnc3)cc2)cc1. The number of rotatable bonds is 10. The molecule has 3 aromatic rings. The van der Waals surface area contributed by atoms with Crippen LogP contribution in [-0.2, 0) is 6.54 Å². The minimum Gasteiger partial charge on any atom is -0.494 e. The fraction of sp³-hybridized carbons (Fsp3) is 0.286. The third-order valence-corrected chi connectivity index (χ3v) is 4.01. The number of ether oxygens (including phenoxy) is 1. The lowest BCUT2D eigenvalue weighted by Crippen LogP contribution is -1.98. The van der Waals surface area contributed by atoms with Crippen molar-refractivity contribution >= 4 is 11.4 Å². The monoisotopic (exact) mass is 348 g/mol. The molecular weight excluding hydrogens is 324 g/mol. The van der Waals surface area contributed by atoms with E-state index in [1.54, 1.807) is 0 Å². The standard InChI is InChI=1S/C21H24N4O/c1(6-15-25-16-14-22-18-25)2-7-17-26-21-12-10-20(11-13-21)24-23-19-8-4-3-5-9-19/h3-5,8-14,16,18H,1-2,6-7,15,17H2. The Labute approximate surface area is 154 Å². The van der Waals surface area contributed by atoms with Crippen LogP contribution in [0.1, 0.15) is 25.7 Å². The molecule has 3 rings (SSSR count). The van der Waals surface area contributed by atoms with Gasteiger partial charge in [-0.15, -0.1) is 0 Å². The highest BCUT2D eigenvalue weighted by Gasteiger charge is 1.96. The van der Waals surface area contributed by atoms with Crippen LogP contribution in [0.15, 0.2) is 83.5 Å². The van der Waals surface area contributed by atoms with Gasteiger partial charge in [-0.2, -0.15) is 10.2 Å². The summed E-state index contributed by atoms with van der Waals surface area (Å²) in [5.41, 5.74) is 1.67. The minimum atomic E-state index is 0.746. The molecule has 1 aromatic heterocycles. The molecule has 26 heavy (non-hydrogen) atoms. The average molecular weight is 348 g/mol. The molecule has 0 bridgehead atoms. The maximum Gasteiger partial charge on any atom is 0.119 e. The maximum atomic E-state index is 5.79. The van der Waals surface area contributed by atoms with Crippen molar-refractivity contribution in [2.75, 3.05) is 6.61 Å². The number of imidazole rings is 1. The highest BCUT2D eigenvalue weighted by atomic mass is 16.5. The first-order chi connectivity index (χ1) is 12.9. The summed E-state index contributed by atoms with van der Waals surface area (Å²) in [5, 5.41) is 8.44. The molecule has 0 saturated carbocycles. The van der Waals surface area contributed by atoms with Crippen LogP contribution in [0, 0.1) is 0 Å². The molecule has 5 heteroatoms. The number of aromatic nitrogens is 2. The van der Waals surface area contributed by atoms with E-state index in [0.717, 1.165) is 36.7 Å². The van der Waals surface area contributed by atoms with Gasteiger partial charge in [0.25, 0.3) is 0 Å². The van der Waals surface area contributed by atoms with E-state index in [2.05, 4.69) is 19.8 Å². The first-order valence-electron chi connectivity index (χ1n) is 9.05. The Morgan fingerprint density at radius 3 is 2.27 bits per heavy atom. The first kappa shape index (κ1) is 17.9. The number of aryl methyl sites for hydroxylation is 1. The molecule has 0 aliphatic rings. The Kier molecular flexibility index (Phi) is 6.96. The van der Waals surface area contributed by atoms with E-state index in [9.17, 15) is 0 Å². The fourth-order valence-electron chi connectivity index (χ4n) is 2.58. The van der Waals surface area contributed by atoms with Gasteiger partial charge < -0.3 is 9.30 Å². The third-order valence-electron chi connectivity index (χ3n) is 4.01. The molecule has 0 fully saturated rings. The smallest absolute Gasteiger partial charge is 0.119 e. The average Bonchev–Trinajstić information content (AvgIpc) is 3.21. The van der Waals surface area contributed by atoms with Gasteiger partial charge in [-0.3, -0.25) is 0 Å². The van der Waals surface area contributed by atoms with Gasteiger partial charge in [0.15, 0.2) is 0 Å². The first-order valence-corrected chi connectivity index (χ1v) is 9.05. The summed E-state index contributed by atoms with van der Waals surface area (Å²) in [4.78, 5) is 4.05. The summed E-state index contributed by atoms with van der Waals surface area (Å²) in [6, 6.07) is 17.4. The van der Waals surface area contributed by atoms with Gasteiger partial charge in [0.1, 0.15) is 5.75 Å². The Balaban J connectivity index is 1.31. The molecule has 0 aliphatic heterocycles. The van der Waals surface area contributed by atoms with Gasteiger partial charge in [0.2, 0.25) is 0 Å². The van der Waals surface area contributed by atoms with Crippen molar-refractivity contribution in [1.29, 1.82) is 0 Å². The minimum absolute atomic E-state index is 0.746. The summed E-state index contributed by atoms with van der Waals surface area (Å²) in [5.74, 6) is 0.877. The molecule has 1 heterocycles. The molecule has 0 amide bonds. The normalized spacial score (nSPS) is 11.1. The molecule has 0 unspecified atom stereocenters. The van der Waals surface area contributed by atoms with E-state index in [0.29, 0.717) is 0 Å². The largest absolute Gasteiger partial charge is 0.494 e. The highest BCUT2D eigenvalue weighted by molar-refractivity contribution is 5.42. The van der Waals surface area contributed by atoms with Crippen molar-refractivity contribution in [3.8, 4) is 5.75 Å². The van der Waals surface area contributed by atoms with Crippen LogP contribution in [-0.4, -0.2) is 16.2 Å².